The minimum atomic E-state index is -0.0480. The van der Waals surface area contributed by atoms with E-state index in [0.29, 0.717) is 17.7 Å². The maximum Gasteiger partial charge on any atom is 0.270 e. The molecule has 5 nitrogen and oxygen atoms in total. The third kappa shape index (κ3) is 2.17. The summed E-state index contributed by atoms with van der Waals surface area (Å²) in [4.78, 5) is 19.7. The van der Waals surface area contributed by atoms with E-state index in [0.717, 1.165) is 11.1 Å². The second-order valence-electron chi connectivity index (χ2n) is 6.88. The van der Waals surface area contributed by atoms with Crippen molar-refractivity contribution in [3.63, 3.8) is 0 Å². The van der Waals surface area contributed by atoms with Gasteiger partial charge in [-0.1, -0.05) is 0 Å². The molecule has 1 N–H and O–H groups in total. The Morgan fingerprint density at radius 3 is 2.78 bits per heavy atom. The molecule has 0 aromatic carbocycles. The number of halogens is 1. The smallest absolute Gasteiger partial charge is 0.270 e. The van der Waals surface area contributed by atoms with Crippen molar-refractivity contribution >= 4 is 29.4 Å². The molecule has 0 radical (unpaired) electrons. The van der Waals surface area contributed by atoms with Crippen LogP contribution in [0.5, 0.6) is 0 Å². The number of piperidine rings is 3. The van der Waals surface area contributed by atoms with Gasteiger partial charge < -0.3 is 9.73 Å². The van der Waals surface area contributed by atoms with Crippen LogP contribution in [0, 0.1) is 5.92 Å². The van der Waals surface area contributed by atoms with Crippen LogP contribution < -0.4 is 5.32 Å². The number of nitrogens with zero attached hydrogens (tertiary/aromatic N) is 2. The van der Waals surface area contributed by atoms with Gasteiger partial charge in [-0.3, -0.25) is 9.69 Å². The summed E-state index contributed by atoms with van der Waals surface area (Å²) in [6.07, 6.45) is 6.47. The average molecular weight is 334 g/mol. The Bertz CT molecular complexity index is 747. The molecular formula is C17H20ClN3O2. The van der Waals surface area contributed by atoms with Crippen LogP contribution in [0.25, 0.3) is 11.1 Å². The van der Waals surface area contributed by atoms with Crippen LogP contribution in [0.1, 0.15) is 36.2 Å². The number of nitrogens with one attached hydrogen (secondary N) is 1. The first-order chi connectivity index (χ1) is 10.8. The number of aromatic nitrogens is 1. The second-order valence-corrected chi connectivity index (χ2v) is 6.88. The van der Waals surface area contributed by atoms with E-state index in [4.69, 9.17) is 4.42 Å². The monoisotopic (exact) mass is 333 g/mol. The first-order valence-corrected chi connectivity index (χ1v) is 8.16. The van der Waals surface area contributed by atoms with Gasteiger partial charge in [0.15, 0.2) is 5.58 Å². The van der Waals surface area contributed by atoms with Gasteiger partial charge in [0.05, 0.1) is 12.3 Å². The Kier molecular flexibility index (Phi) is 3.39. The molecule has 1 aliphatic carbocycles. The van der Waals surface area contributed by atoms with Gasteiger partial charge in [0.2, 0.25) is 0 Å². The van der Waals surface area contributed by atoms with E-state index < -0.39 is 0 Å². The number of rotatable bonds is 2. The van der Waals surface area contributed by atoms with Gasteiger partial charge in [0, 0.05) is 11.6 Å². The van der Waals surface area contributed by atoms with Gasteiger partial charge in [-0.15, -0.1) is 12.4 Å². The summed E-state index contributed by atoms with van der Waals surface area (Å²) in [6, 6.07) is 5.66. The first kappa shape index (κ1) is 15.0. The van der Waals surface area contributed by atoms with Crippen molar-refractivity contribution in [1.29, 1.82) is 0 Å². The number of fused-ring (bicyclic) bond motifs is 3. The Balaban J connectivity index is 0.00000135. The highest BCUT2D eigenvalue weighted by molar-refractivity contribution is 5.94. The standard InChI is InChI=1S/C17H19N3O2.ClH/c21-16(13-1-2-14-12(18-13)5-10-22-14)19-15-11-3-8-20(9-4-11)17(15)6-7-17;/h1-2,5,10-11,15H,3-4,6-9H2,(H,19,21);1H. The lowest BCUT2D eigenvalue weighted by Gasteiger charge is -2.52. The summed E-state index contributed by atoms with van der Waals surface area (Å²) in [5.41, 5.74) is 2.21. The summed E-state index contributed by atoms with van der Waals surface area (Å²) >= 11 is 0. The van der Waals surface area contributed by atoms with Gasteiger partial charge in [-0.25, -0.2) is 4.98 Å². The van der Waals surface area contributed by atoms with E-state index in [1.807, 2.05) is 6.07 Å². The van der Waals surface area contributed by atoms with Crippen molar-refractivity contribution in [1.82, 2.24) is 15.2 Å². The maximum absolute atomic E-state index is 12.6. The molecule has 23 heavy (non-hydrogen) atoms. The van der Waals surface area contributed by atoms with Gasteiger partial charge >= 0.3 is 0 Å². The molecule has 1 spiro atoms. The summed E-state index contributed by atoms with van der Waals surface area (Å²) in [7, 11) is 0. The third-order valence-electron chi connectivity index (χ3n) is 5.81. The summed E-state index contributed by atoms with van der Waals surface area (Å²) in [5.74, 6) is 0.585. The zero-order valence-electron chi connectivity index (χ0n) is 12.8. The predicted molar refractivity (Wildman–Crippen MR) is 88.8 cm³/mol. The topological polar surface area (TPSA) is 58.4 Å². The molecule has 6 rings (SSSR count). The summed E-state index contributed by atoms with van der Waals surface area (Å²) < 4.78 is 5.29. The zero-order chi connectivity index (χ0) is 14.7. The van der Waals surface area contributed by atoms with Gasteiger partial charge in [-0.05, 0) is 56.8 Å². The fraction of sp³-hybridized carbons (Fsp3) is 0.529. The molecule has 5 heterocycles. The number of carbonyl (C=O) groups is 1. The third-order valence-corrected chi connectivity index (χ3v) is 5.81. The van der Waals surface area contributed by atoms with E-state index in [-0.39, 0.29) is 23.9 Å². The highest BCUT2D eigenvalue weighted by Crippen LogP contribution is 2.53. The molecular weight excluding hydrogens is 314 g/mol. The van der Waals surface area contributed by atoms with E-state index in [9.17, 15) is 4.79 Å². The van der Waals surface area contributed by atoms with Crippen LogP contribution in [-0.2, 0) is 0 Å². The predicted octanol–water partition coefficient (Wildman–Crippen LogP) is 2.61. The molecule has 3 saturated heterocycles. The average Bonchev–Trinajstić information content (AvgIpc) is 3.18. The fourth-order valence-corrected chi connectivity index (χ4v) is 4.52. The lowest BCUT2D eigenvalue weighted by molar-refractivity contribution is -0.00152. The number of amides is 1. The fourth-order valence-electron chi connectivity index (χ4n) is 4.52. The molecule has 1 unspecified atom stereocenters. The molecule has 2 bridgehead atoms. The quantitative estimate of drug-likeness (QED) is 0.917. The lowest BCUT2D eigenvalue weighted by Crippen LogP contribution is -2.65. The van der Waals surface area contributed by atoms with Crippen molar-refractivity contribution in [3.05, 3.63) is 30.2 Å². The van der Waals surface area contributed by atoms with E-state index in [1.165, 1.54) is 38.8 Å². The largest absolute Gasteiger partial charge is 0.463 e. The number of furan rings is 1. The Labute approximate surface area is 140 Å². The highest BCUT2D eigenvalue weighted by atomic mass is 35.5. The van der Waals surface area contributed by atoms with Crippen LogP contribution in [-0.4, -0.2) is 40.5 Å². The van der Waals surface area contributed by atoms with E-state index in [2.05, 4.69) is 15.2 Å². The molecule has 6 heteroatoms. The number of hydrogen-bond donors (Lipinski definition) is 1. The van der Waals surface area contributed by atoms with Crippen LogP contribution in [0.2, 0.25) is 0 Å². The van der Waals surface area contributed by atoms with E-state index >= 15 is 0 Å². The van der Waals surface area contributed by atoms with Gasteiger partial charge in [-0.2, -0.15) is 0 Å². The Hall–Kier alpha value is -1.59. The molecule has 4 fully saturated rings. The molecule has 1 saturated carbocycles. The molecule has 2 aromatic rings. The van der Waals surface area contributed by atoms with Crippen LogP contribution in [0.4, 0.5) is 0 Å². The lowest BCUT2D eigenvalue weighted by atomic mass is 9.77. The Morgan fingerprint density at radius 1 is 1.26 bits per heavy atom. The molecule has 4 aliphatic rings. The van der Waals surface area contributed by atoms with Gasteiger partial charge in [0.25, 0.3) is 5.91 Å². The van der Waals surface area contributed by atoms with Crippen molar-refractivity contribution in [3.8, 4) is 0 Å². The first-order valence-electron chi connectivity index (χ1n) is 8.16. The molecule has 3 aliphatic heterocycles. The molecule has 1 amide bonds. The minimum Gasteiger partial charge on any atom is -0.463 e. The van der Waals surface area contributed by atoms with Gasteiger partial charge in [0.1, 0.15) is 11.2 Å². The Morgan fingerprint density at radius 2 is 2.04 bits per heavy atom. The normalized spacial score (nSPS) is 30.2. The summed E-state index contributed by atoms with van der Waals surface area (Å²) in [5, 5.41) is 3.30. The van der Waals surface area contributed by atoms with Crippen molar-refractivity contribution < 1.29 is 9.21 Å². The van der Waals surface area contributed by atoms with E-state index in [1.54, 1.807) is 18.4 Å². The highest BCUT2D eigenvalue weighted by Gasteiger charge is 2.60. The minimum absolute atomic E-state index is 0. The zero-order valence-corrected chi connectivity index (χ0v) is 13.6. The van der Waals surface area contributed by atoms with Crippen LogP contribution in [0.3, 0.4) is 0 Å². The summed E-state index contributed by atoms with van der Waals surface area (Å²) in [6.45, 7) is 2.41. The molecule has 1 atom stereocenters. The van der Waals surface area contributed by atoms with Crippen molar-refractivity contribution in [2.24, 2.45) is 5.92 Å². The second kappa shape index (κ2) is 5.21. The number of carbonyl (C=O) groups excluding carboxylic acids is 1. The number of pyridine rings is 1. The van der Waals surface area contributed by atoms with Crippen LogP contribution in [0.15, 0.2) is 28.9 Å². The SMILES string of the molecule is Cl.O=C(NC1C2CCN(CC2)C12CC2)c1ccc2occc2n1. The maximum atomic E-state index is 12.6. The number of hydrogen-bond acceptors (Lipinski definition) is 4. The molecule has 122 valence electrons. The van der Waals surface area contributed by atoms with Crippen molar-refractivity contribution in [2.75, 3.05) is 13.1 Å². The van der Waals surface area contributed by atoms with Crippen LogP contribution >= 0.6 is 12.4 Å². The van der Waals surface area contributed by atoms with Crippen molar-refractivity contribution in [2.45, 2.75) is 37.3 Å². The molecule has 2 aromatic heterocycles.